The zero-order valence-electron chi connectivity index (χ0n) is 15.7. The van der Waals surface area contributed by atoms with Crippen LogP contribution in [0, 0.1) is 0 Å². The van der Waals surface area contributed by atoms with E-state index in [1.54, 1.807) is 11.0 Å². The van der Waals surface area contributed by atoms with Gasteiger partial charge >= 0.3 is 0 Å². The molecular weight excluding hydrogens is 370 g/mol. The predicted octanol–water partition coefficient (Wildman–Crippen LogP) is 2.18. The molecule has 2 aliphatic rings. The zero-order valence-corrected chi connectivity index (χ0v) is 16.5. The van der Waals surface area contributed by atoms with Crippen LogP contribution < -0.4 is 15.5 Å². The minimum absolute atomic E-state index is 0.0914. The maximum Gasteiger partial charge on any atom is 0.262 e. The van der Waals surface area contributed by atoms with Crippen LogP contribution in [0.15, 0.2) is 58.3 Å². The number of carbonyl (C=O) groups is 2. The second-order valence-electron chi connectivity index (χ2n) is 7.15. The summed E-state index contributed by atoms with van der Waals surface area (Å²) in [6.07, 6.45) is 4.45. The summed E-state index contributed by atoms with van der Waals surface area (Å²) in [5.41, 5.74) is 2.25. The van der Waals surface area contributed by atoms with E-state index in [9.17, 15) is 9.59 Å². The number of hydrogen-bond acceptors (Lipinski definition) is 3. The van der Waals surface area contributed by atoms with Gasteiger partial charge in [-0.2, -0.15) is 0 Å². The van der Waals surface area contributed by atoms with Gasteiger partial charge in [0.25, 0.3) is 11.8 Å². The Morgan fingerprint density at radius 1 is 1.14 bits per heavy atom. The molecule has 0 aliphatic carbocycles. The number of carbonyl (C=O) groups excluding carboxylic acids is 2. The SMILES string of the molecule is O=C1Nc2cc(C(=O)NCC[NH+]3CCCC3)ccc2SC1=Cc1ccccc1. The Kier molecular flexibility index (Phi) is 5.78. The number of nitrogens with one attached hydrogen (secondary N) is 3. The summed E-state index contributed by atoms with van der Waals surface area (Å²) >= 11 is 1.43. The highest BCUT2D eigenvalue weighted by Gasteiger charge is 2.22. The fraction of sp³-hybridized carbons (Fsp3) is 0.273. The lowest BCUT2D eigenvalue weighted by Gasteiger charge is -2.19. The van der Waals surface area contributed by atoms with E-state index < -0.39 is 0 Å². The van der Waals surface area contributed by atoms with Gasteiger partial charge in [0.05, 0.1) is 36.8 Å². The molecule has 1 fully saturated rings. The fourth-order valence-electron chi connectivity index (χ4n) is 3.58. The van der Waals surface area contributed by atoms with Crippen LogP contribution in [-0.4, -0.2) is 38.0 Å². The highest BCUT2D eigenvalue weighted by atomic mass is 32.2. The molecule has 2 aliphatic heterocycles. The molecule has 2 aromatic carbocycles. The lowest BCUT2D eigenvalue weighted by Crippen LogP contribution is -3.10. The maximum atomic E-state index is 12.5. The van der Waals surface area contributed by atoms with Crippen molar-refractivity contribution in [1.82, 2.24) is 5.32 Å². The number of thioether (sulfide) groups is 1. The van der Waals surface area contributed by atoms with Gasteiger partial charge in [-0.05, 0) is 29.8 Å². The lowest BCUT2D eigenvalue weighted by atomic mass is 10.1. The third-order valence-corrected chi connectivity index (χ3v) is 6.20. The van der Waals surface area contributed by atoms with Crippen molar-refractivity contribution in [2.75, 3.05) is 31.5 Å². The lowest BCUT2D eigenvalue weighted by molar-refractivity contribution is -0.886. The van der Waals surface area contributed by atoms with Crippen molar-refractivity contribution in [3.05, 3.63) is 64.6 Å². The van der Waals surface area contributed by atoms with Crippen LogP contribution >= 0.6 is 11.8 Å². The molecule has 5 nitrogen and oxygen atoms in total. The highest BCUT2D eigenvalue weighted by Crippen LogP contribution is 2.39. The van der Waals surface area contributed by atoms with Gasteiger partial charge in [0.1, 0.15) is 0 Å². The summed E-state index contributed by atoms with van der Waals surface area (Å²) < 4.78 is 0. The minimum atomic E-state index is -0.142. The van der Waals surface area contributed by atoms with E-state index in [4.69, 9.17) is 0 Å². The molecule has 2 amide bonds. The van der Waals surface area contributed by atoms with Gasteiger partial charge < -0.3 is 15.5 Å². The standard InChI is InChI=1S/C22H23N3O2S/c26-21(23-10-13-25-11-4-5-12-25)17-8-9-19-18(15-17)24-22(27)20(28-19)14-16-6-2-1-3-7-16/h1-3,6-9,14-15H,4-5,10-13H2,(H,23,26)(H,24,27)/p+1. The number of benzene rings is 2. The normalized spacial score (nSPS) is 18.0. The van der Waals surface area contributed by atoms with Crippen LogP contribution in [0.4, 0.5) is 5.69 Å². The Labute approximate surface area is 169 Å². The molecule has 0 aromatic heterocycles. The molecule has 4 rings (SSSR count). The number of rotatable bonds is 5. The number of anilines is 1. The summed E-state index contributed by atoms with van der Waals surface area (Å²) in [6.45, 7) is 4.06. The molecule has 0 atom stereocenters. The first-order chi connectivity index (χ1) is 13.7. The van der Waals surface area contributed by atoms with Gasteiger partial charge in [0, 0.05) is 23.3 Å². The second kappa shape index (κ2) is 8.63. The van der Waals surface area contributed by atoms with E-state index in [1.807, 2.05) is 48.5 Å². The molecule has 0 bridgehead atoms. The molecule has 0 radical (unpaired) electrons. The van der Waals surface area contributed by atoms with E-state index in [-0.39, 0.29) is 11.8 Å². The van der Waals surface area contributed by atoms with Crippen LogP contribution in [0.3, 0.4) is 0 Å². The summed E-state index contributed by atoms with van der Waals surface area (Å²) in [4.78, 5) is 28.0. The number of hydrogen-bond donors (Lipinski definition) is 3. The Hall–Kier alpha value is -2.57. The van der Waals surface area contributed by atoms with Crippen molar-refractivity contribution in [2.45, 2.75) is 17.7 Å². The van der Waals surface area contributed by atoms with E-state index in [1.165, 1.54) is 37.7 Å². The molecule has 2 heterocycles. The molecule has 6 heteroatoms. The number of fused-ring (bicyclic) bond motifs is 1. The molecule has 1 saturated heterocycles. The third kappa shape index (κ3) is 4.46. The summed E-state index contributed by atoms with van der Waals surface area (Å²) in [5, 5.41) is 5.91. The van der Waals surface area contributed by atoms with Gasteiger partial charge in [0.15, 0.2) is 0 Å². The Morgan fingerprint density at radius 3 is 2.71 bits per heavy atom. The van der Waals surface area contributed by atoms with Gasteiger partial charge in [-0.15, -0.1) is 0 Å². The van der Waals surface area contributed by atoms with Gasteiger partial charge in [-0.25, -0.2) is 0 Å². The molecule has 2 aromatic rings. The molecule has 0 saturated carbocycles. The van der Waals surface area contributed by atoms with Crippen molar-refractivity contribution < 1.29 is 14.5 Å². The van der Waals surface area contributed by atoms with Gasteiger partial charge in [0.2, 0.25) is 0 Å². The Morgan fingerprint density at radius 2 is 1.93 bits per heavy atom. The molecular formula is C22H24N3O2S+. The Bertz CT molecular complexity index is 905. The predicted molar refractivity (Wildman–Crippen MR) is 112 cm³/mol. The molecule has 28 heavy (non-hydrogen) atoms. The minimum Gasteiger partial charge on any atom is -0.346 e. The first kappa shape index (κ1) is 18.8. The van der Waals surface area contributed by atoms with Crippen molar-refractivity contribution in [1.29, 1.82) is 0 Å². The van der Waals surface area contributed by atoms with Gasteiger partial charge in [-0.1, -0.05) is 42.1 Å². The van der Waals surface area contributed by atoms with Crippen molar-refractivity contribution in [2.24, 2.45) is 0 Å². The molecule has 3 N–H and O–H groups in total. The quantitative estimate of drug-likeness (QED) is 0.681. The summed E-state index contributed by atoms with van der Waals surface area (Å²) in [6, 6.07) is 15.3. The first-order valence-electron chi connectivity index (χ1n) is 9.71. The number of likely N-dealkylation sites (tertiary alicyclic amines) is 1. The molecule has 0 spiro atoms. The summed E-state index contributed by atoms with van der Waals surface area (Å²) in [7, 11) is 0. The van der Waals surface area contributed by atoms with Crippen LogP contribution in [0.5, 0.6) is 0 Å². The van der Waals surface area contributed by atoms with Gasteiger partial charge in [-0.3, -0.25) is 9.59 Å². The van der Waals surface area contributed by atoms with E-state index in [2.05, 4.69) is 10.6 Å². The van der Waals surface area contributed by atoms with Crippen molar-refractivity contribution in [3.63, 3.8) is 0 Å². The van der Waals surface area contributed by atoms with Crippen LogP contribution in [0.1, 0.15) is 28.8 Å². The van der Waals surface area contributed by atoms with Crippen LogP contribution in [0.25, 0.3) is 6.08 Å². The van der Waals surface area contributed by atoms with E-state index in [0.29, 0.717) is 22.7 Å². The topological polar surface area (TPSA) is 62.6 Å². The maximum absolute atomic E-state index is 12.5. The molecule has 144 valence electrons. The average molecular weight is 395 g/mol. The number of quaternary nitrogens is 1. The van der Waals surface area contributed by atoms with Crippen LogP contribution in [0.2, 0.25) is 0 Å². The van der Waals surface area contributed by atoms with E-state index in [0.717, 1.165) is 17.0 Å². The van der Waals surface area contributed by atoms with Crippen molar-refractivity contribution >= 4 is 35.3 Å². The highest BCUT2D eigenvalue weighted by molar-refractivity contribution is 8.04. The number of amides is 2. The monoisotopic (exact) mass is 394 g/mol. The Balaban J connectivity index is 1.41. The fourth-order valence-corrected chi connectivity index (χ4v) is 4.51. The summed E-state index contributed by atoms with van der Waals surface area (Å²) in [5.74, 6) is -0.234. The van der Waals surface area contributed by atoms with Crippen molar-refractivity contribution in [3.8, 4) is 0 Å². The first-order valence-corrected chi connectivity index (χ1v) is 10.5. The largest absolute Gasteiger partial charge is 0.346 e. The third-order valence-electron chi connectivity index (χ3n) is 5.11. The zero-order chi connectivity index (χ0) is 19.3. The molecule has 0 unspecified atom stereocenters. The van der Waals surface area contributed by atoms with Crippen LogP contribution in [-0.2, 0) is 4.79 Å². The second-order valence-corrected chi connectivity index (χ2v) is 8.23. The average Bonchev–Trinajstić information content (AvgIpc) is 3.22. The van der Waals surface area contributed by atoms with E-state index >= 15 is 0 Å². The smallest absolute Gasteiger partial charge is 0.262 e.